The first kappa shape index (κ1) is 20.4. The lowest BCUT2D eigenvalue weighted by Crippen LogP contribution is -2.43. The zero-order chi connectivity index (χ0) is 19.5. The molecular formula is C19H30N2O4Si. The molecule has 0 saturated carbocycles. The summed E-state index contributed by atoms with van der Waals surface area (Å²) < 4.78 is 18.6. The smallest absolute Gasteiger partial charge is 0.358 e. The van der Waals surface area contributed by atoms with Gasteiger partial charge in [-0.3, -0.25) is 0 Å². The van der Waals surface area contributed by atoms with Crippen LogP contribution in [0, 0.1) is 0 Å². The standard InChI is InChI=1S/C19H30N2O4Si/c1-8-23-17(18(22)24-9-2)21-16-11-10-15(12-14(16)13-20-21)25-26(6,7)19(3,4)5/h10-13,17H,8-9H2,1-7H3. The Morgan fingerprint density at radius 2 is 1.92 bits per heavy atom. The van der Waals surface area contributed by atoms with Crippen LogP contribution in [0.3, 0.4) is 0 Å². The second-order valence-corrected chi connectivity index (χ2v) is 12.5. The van der Waals surface area contributed by atoms with Gasteiger partial charge in [-0.15, -0.1) is 0 Å². The minimum atomic E-state index is -1.92. The quantitative estimate of drug-likeness (QED) is 0.524. The summed E-state index contributed by atoms with van der Waals surface area (Å²) in [4.78, 5) is 12.2. The van der Waals surface area contributed by atoms with Gasteiger partial charge in [-0.2, -0.15) is 5.10 Å². The van der Waals surface area contributed by atoms with Crippen molar-refractivity contribution in [3.63, 3.8) is 0 Å². The molecule has 0 aliphatic carbocycles. The van der Waals surface area contributed by atoms with E-state index < -0.39 is 20.5 Å². The van der Waals surface area contributed by atoms with Crippen LogP contribution in [-0.2, 0) is 14.3 Å². The van der Waals surface area contributed by atoms with Crippen LogP contribution in [0.2, 0.25) is 18.1 Å². The molecule has 1 aromatic carbocycles. The Kier molecular flexibility index (Phi) is 6.13. The summed E-state index contributed by atoms with van der Waals surface area (Å²) in [6.45, 7) is 15.4. The summed E-state index contributed by atoms with van der Waals surface area (Å²) in [6.07, 6.45) is 0.837. The maximum Gasteiger partial charge on any atom is 0.358 e. The topological polar surface area (TPSA) is 62.6 Å². The highest BCUT2D eigenvalue weighted by Crippen LogP contribution is 2.38. The number of benzene rings is 1. The molecule has 1 aromatic heterocycles. The fraction of sp³-hybridized carbons (Fsp3) is 0.579. The van der Waals surface area contributed by atoms with E-state index in [-0.39, 0.29) is 5.04 Å². The first-order valence-corrected chi connectivity index (χ1v) is 12.0. The van der Waals surface area contributed by atoms with Crippen molar-refractivity contribution in [3.05, 3.63) is 24.4 Å². The van der Waals surface area contributed by atoms with Gasteiger partial charge in [-0.05, 0) is 50.2 Å². The maximum absolute atomic E-state index is 12.2. The van der Waals surface area contributed by atoms with Gasteiger partial charge in [0.1, 0.15) is 5.75 Å². The second kappa shape index (κ2) is 7.80. The van der Waals surface area contributed by atoms with Crippen molar-refractivity contribution >= 4 is 25.2 Å². The Morgan fingerprint density at radius 3 is 2.50 bits per heavy atom. The van der Waals surface area contributed by atoms with Crippen LogP contribution < -0.4 is 4.43 Å². The Labute approximate surface area is 156 Å². The average molecular weight is 379 g/mol. The number of hydrogen-bond acceptors (Lipinski definition) is 5. The van der Waals surface area contributed by atoms with Crippen molar-refractivity contribution in [1.82, 2.24) is 9.78 Å². The minimum Gasteiger partial charge on any atom is -0.543 e. The number of nitrogens with zero attached hydrogens (tertiary/aromatic N) is 2. The molecule has 1 heterocycles. The van der Waals surface area contributed by atoms with Crippen molar-refractivity contribution in [1.29, 1.82) is 0 Å². The van der Waals surface area contributed by atoms with Crippen LogP contribution in [0.1, 0.15) is 40.8 Å². The van der Waals surface area contributed by atoms with Crippen molar-refractivity contribution in [2.45, 2.75) is 59.0 Å². The van der Waals surface area contributed by atoms with Crippen LogP contribution in [0.5, 0.6) is 5.75 Å². The first-order chi connectivity index (χ1) is 12.1. The van der Waals surface area contributed by atoms with E-state index in [9.17, 15) is 4.79 Å². The number of esters is 1. The number of rotatable bonds is 7. The zero-order valence-corrected chi connectivity index (χ0v) is 17.8. The van der Waals surface area contributed by atoms with Crippen molar-refractivity contribution in [2.75, 3.05) is 13.2 Å². The van der Waals surface area contributed by atoms with E-state index in [1.54, 1.807) is 17.8 Å². The van der Waals surface area contributed by atoms with Gasteiger partial charge in [0, 0.05) is 12.0 Å². The lowest BCUT2D eigenvalue weighted by atomic mass is 10.2. The molecule has 2 rings (SSSR count). The van der Waals surface area contributed by atoms with Gasteiger partial charge in [0.2, 0.25) is 14.5 Å². The molecule has 26 heavy (non-hydrogen) atoms. The van der Waals surface area contributed by atoms with Gasteiger partial charge in [0.05, 0.1) is 18.3 Å². The Morgan fingerprint density at radius 1 is 1.23 bits per heavy atom. The molecule has 0 N–H and O–H groups in total. The van der Waals surface area contributed by atoms with Crippen LogP contribution in [-0.4, -0.2) is 37.3 Å². The van der Waals surface area contributed by atoms with Crippen LogP contribution in [0.25, 0.3) is 10.9 Å². The van der Waals surface area contributed by atoms with Gasteiger partial charge in [-0.25, -0.2) is 9.48 Å². The molecule has 0 bridgehead atoms. The molecule has 7 heteroatoms. The van der Waals surface area contributed by atoms with Gasteiger partial charge in [0.25, 0.3) is 0 Å². The summed E-state index contributed by atoms with van der Waals surface area (Å²) in [6, 6.07) is 5.80. The summed E-state index contributed by atoms with van der Waals surface area (Å²) >= 11 is 0. The van der Waals surface area contributed by atoms with Crippen molar-refractivity contribution in [2.24, 2.45) is 0 Å². The van der Waals surface area contributed by atoms with E-state index in [4.69, 9.17) is 13.9 Å². The van der Waals surface area contributed by atoms with Crippen LogP contribution in [0.4, 0.5) is 0 Å². The lowest BCUT2D eigenvalue weighted by Gasteiger charge is -2.36. The zero-order valence-electron chi connectivity index (χ0n) is 16.8. The molecule has 0 spiro atoms. The lowest BCUT2D eigenvalue weighted by molar-refractivity contribution is -0.163. The largest absolute Gasteiger partial charge is 0.543 e. The highest BCUT2D eigenvalue weighted by molar-refractivity contribution is 6.74. The third kappa shape index (κ3) is 4.27. The molecule has 1 unspecified atom stereocenters. The van der Waals surface area contributed by atoms with Crippen LogP contribution >= 0.6 is 0 Å². The average Bonchev–Trinajstić information content (AvgIpc) is 2.94. The molecule has 0 radical (unpaired) electrons. The van der Waals surface area contributed by atoms with Crippen molar-refractivity contribution in [3.8, 4) is 5.75 Å². The Bertz CT molecular complexity index is 764. The molecule has 0 aliphatic heterocycles. The normalized spacial score (nSPS) is 13.7. The summed E-state index contributed by atoms with van der Waals surface area (Å²) in [5, 5.41) is 5.37. The predicted molar refractivity (Wildman–Crippen MR) is 105 cm³/mol. The minimum absolute atomic E-state index is 0.121. The van der Waals surface area contributed by atoms with E-state index in [0.29, 0.717) is 13.2 Å². The number of hydrogen-bond donors (Lipinski definition) is 0. The fourth-order valence-electron chi connectivity index (χ4n) is 2.34. The third-order valence-corrected chi connectivity index (χ3v) is 9.14. The third-order valence-electron chi connectivity index (χ3n) is 4.78. The van der Waals surface area contributed by atoms with Crippen molar-refractivity contribution < 1.29 is 18.7 Å². The molecule has 0 aliphatic rings. The van der Waals surface area contributed by atoms with E-state index >= 15 is 0 Å². The Hall–Kier alpha value is -1.86. The predicted octanol–water partition coefficient (Wildman–Crippen LogP) is 4.52. The van der Waals surface area contributed by atoms with E-state index in [1.165, 1.54) is 0 Å². The van der Waals surface area contributed by atoms with Gasteiger partial charge < -0.3 is 13.9 Å². The van der Waals surface area contributed by atoms with Crippen LogP contribution in [0.15, 0.2) is 24.4 Å². The molecular weight excluding hydrogens is 348 g/mol. The maximum atomic E-state index is 12.2. The highest BCUT2D eigenvalue weighted by Gasteiger charge is 2.39. The number of carbonyl (C=O) groups excluding carboxylic acids is 1. The SMILES string of the molecule is CCOC(=O)C(OCC)n1ncc2cc(O[Si](C)(C)C(C)(C)C)ccc21. The second-order valence-electron chi connectivity index (χ2n) is 7.73. The van der Waals surface area contributed by atoms with Gasteiger partial charge >= 0.3 is 5.97 Å². The molecule has 0 fully saturated rings. The number of aromatic nitrogens is 2. The van der Waals surface area contributed by atoms with E-state index in [1.807, 2.05) is 25.1 Å². The first-order valence-electron chi connectivity index (χ1n) is 9.05. The van der Waals surface area contributed by atoms with Gasteiger partial charge in [-0.1, -0.05) is 20.8 Å². The molecule has 6 nitrogen and oxygen atoms in total. The molecule has 0 amide bonds. The monoisotopic (exact) mass is 378 g/mol. The molecule has 1 atom stereocenters. The molecule has 0 saturated heterocycles. The number of carbonyl (C=O) groups is 1. The number of fused-ring (bicyclic) bond motifs is 1. The summed E-state index contributed by atoms with van der Waals surface area (Å²) in [5.41, 5.74) is 0.805. The van der Waals surface area contributed by atoms with Gasteiger partial charge in [0.15, 0.2) is 0 Å². The molecule has 144 valence electrons. The fourth-order valence-corrected chi connectivity index (χ4v) is 3.36. The summed E-state index contributed by atoms with van der Waals surface area (Å²) in [5.74, 6) is 0.383. The number of ether oxygens (including phenoxy) is 2. The molecule has 2 aromatic rings. The highest BCUT2D eigenvalue weighted by atomic mass is 28.4. The summed E-state index contributed by atoms with van der Waals surface area (Å²) in [7, 11) is -1.92. The van der Waals surface area contributed by atoms with E-state index in [2.05, 4.69) is 39.0 Å². The Balaban J connectivity index is 2.35. The van der Waals surface area contributed by atoms with E-state index in [0.717, 1.165) is 16.7 Å².